The van der Waals surface area contributed by atoms with Gasteiger partial charge in [-0.15, -0.1) is 26.3 Å². The van der Waals surface area contributed by atoms with Crippen LogP contribution in [0.5, 0.6) is 0 Å². The molecular formula is C4H10F2. The fraction of sp³-hybridized carbons (Fsp3) is 0. The quantitative estimate of drug-likeness (QED) is 0.404. The van der Waals surface area contributed by atoms with E-state index in [-0.39, 0.29) is 9.41 Å². The monoisotopic (exact) mass is 96.1 g/mol. The van der Waals surface area contributed by atoms with Crippen molar-refractivity contribution < 1.29 is 9.41 Å². The number of hydrogen-bond donors (Lipinski definition) is 0. The molecule has 0 aliphatic rings. The van der Waals surface area contributed by atoms with Crippen molar-refractivity contribution in [3.05, 3.63) is 26.3 Å². The first-order valence-electron chi connectivity index (χ1n) is 1.000. The number of hydrogen-bond acceptors (Lipinski definition) is 0. The molecule has 0 fully saturated rings. The van der Waals surface area contributed by atoms with Gasteiger partial charge in [0.25, 0.3) is 0 Å². The van der Waals surface area contributed by atoms with Crippen LogP contribution in [-0.2, 0) is 0 Å². The molecule has 0 rings (SSSR count). The fourth-order valence-corrected chi connectivity index (χ4v) is 0. The van der Waals surface area contributed by atoms with Crippen LogP contribution < -0.4 is 0 Å². The van der Waals surface area contributed by atoms with Gasteiger partial charge < -0.3 is 0 Å². The summed E-state index contributed by atoms with van der Waals surface area (Å²) < 4.78 is 0. The van der Waals surface area contributed by atoms with Crippen LogP contribution in [0.4, 0.5) is 9.41 Å². The van der Waals surface area contributed by atoms with Crippen molar-refractivity contribution in [2.45, 2.75) is 0 Å². The van der Waals surface area contributed by atoms with Crippen LogP contribution >= 0.6 is 0 Å². The first kappa shape index (κ1) is 56.0. The normalized spacial score (nSPS) is 1.33. The highest BCUT2D eigenvalue weighted by atomic mass is 19.0. The van der Waals surface area contributed by atoms with Gasteiger partial charge in [0.15, 0.2) is 0 Å². The molecule has 0 spiro atoms. The van der Waals surface area contributed by atoms with Crippen LogP contribution in [0.3, 0.4) is 0 Å². The zero-order chi connectivity index (χ0) is 4.00. The van der Waals surface area contributed by atoms with Gasteiger partial charge in [-0.05, 0) is 0 Å². The molecule has 0 saturated heterocycles. The molecule has 0 amide bonds. The lowest BCUT2D eigenvalue weighted by molar-refractivity contribution is 1.11. The maximum absolute atomic E-state index is 3.00. The third kappa shape index (κ3) is 42.0. The molecule has 0 bridgehead atoms. The maximum atomic E-state index is 3.00. The van der Waals surface area contributed by atoms with Crippen LogP contribution in [0.2, 0.25) is 0 Å². The molecule has 6 heavy (non-hydrogen) atoms. The zero-order valence-electron chi connectivity index (χ0n) is 3.64. The first-order chi connectivity index (χ1) is 2.00. The Labute approximate surface area is 36.9 Å². The SMILES string of the molecule is C=C.C=C.F.F. The molecule has 0 atom stereocenters. The molecule has 0 saturated carbocycles. The Morgan fingerprint density at radius 2 is 0.500 bits per heavy atom. The van der Waals surface area contributed by atoms with E-state index < -0.39 is 0 Å². The van der Waals surface area contributed by atoms with Crippen molar-refractivity contribution in [1.29, 1.82) is 0 Å². The van der Waals surface area contributed by atoms with Gasteiger partial charge in [0.2, 0.25) is 0 Å². The average Bonchev–Trinajstić information content (AvgIpc) is 1.50. The summed E-state index contributed by atoms with van der Waals surface area (Å²) in [5, 5.41) is 0. The first-order valence-corrected chi connectivity index (χ1v) is 1.000. The molecule has 0 radical (unpaired) electrons. The Bertz CT molecular complexity index is 7.51. The molecule has 0 aliphatic carbocycles. The van der Waals surface area contributed by atoms with E-state index in [1.165, 1.54) is 0 Å². The predicted molar refractivity (Wildman–Crippen MR) is 27.5 cm³/mol. The van der Waals surface area contributed by atoms with Crippen molar-refractivity contribution in [2.75, 3.05) is 0 Å². The highest BCUT2D eigenvalue weighted by Gasteiger charge is 0.603. The summed E-state index contributed by atoms with van der Waals surface area (Å²) in [6.07, 6.45) is 0. The van der Waals surface area contributed by atoms with E-state index in [0.717, 1.165) is 0 Å². The molecule has 0 unspecified atom stereocenters. The number of rotatable bonds is 0. The molecule has 2 heteroatoms. The standard InChI is InChI=1S/2C2H4.2FH/c2*1-2;;/h2*1-2H2;2*1H. The fourth-order valence-electron chi connectivity index (χ4n) is 0. The third-order valence-electron chi connectivity index (χ3n) is 0. The Balaban J connectivity index is -0.00000000500. The van der Waals surface area contributed by atoms with Crippen LogP contribution in [0, 0.1) is 0 Å². The van der Waals surface area contributed by atoms with Crippen LogP contribution in [0.25, 0.3) is 0 Å². The van der Waals surface area contributed by atoms with Crippen molar-refractivity contribution in [1.82, 2.24) is 0 Å². The zero-order valence-corrected chi connectivity index (χ0v) is 3.64. The Hall–Kier alpha value is -0.660. The van der Waals surface area contributed by atoms with Crippen molar-refractivity contribution in [3.8, 4) is 0 Å². The summed E-state index contributed by atoms with van der Waals surface area (Å²) >= 11 is 0. The second-order valence-corrected chi connectivity index (χ2v) is 0. The molecule has 40 valence electrons. The molecule has 0 N–H and O–H groups in total. The Kier molecular flexibility index (Phi) is 1040. The van der Waals surface area contributed by atoms with E-state index in [9.17, 15) is 0 Å². The summed E-state index contributed by atoms with van der Waals surface area (Å²) in [5.41, 5.74) is 0. The van der Waals surface area contributed by atoms with Gasteiger partial charge in [0.05, 0.1) is 0 Å². The molecule has 0 aromatic heterocycles. The lowest BCUT2D eigenvalue weighted by Crippen LogP contribution is -0.552. The van der Waals surface area contributed by atoms with Crippen LogP contribution in [0.1, 0.15) is 0 Å². The second kappa shape index (κ2) is 111. The van der Waals surface area contributed by atoms with Gasteiger partial charge in [-0.25, -0.2) is 0 Å². The second-order valence-electron chi connectivity index (χ2n) is 0. The molecule has 0 aromatic carbocycles. The summed E-state index contributed by atoms with van der Waals surface area (Å²) in [7, 11) is 0. The molecule has 0 aromatic rings. The van der Waals surface area contributed by atoms with E-state index in [4.69, 9.17) is 0 Å². The number of halogens is 2. The predicted octanol–water partition coefficient (Wildman–Crippen LogP) is 1.91. The van der Waals surface area contributed by atoms with Crippen LogP contribution in [0.15, 0.2) is 26.3 Å². The molecule has 0 nitrogen and oxygen atoms in total. The minimum absolute atomic E-state index is 0. The molecule has 0 aliphatic heterocycles. The lowest BCUT2D eigenvalue weighted by Gasteiger charge is -0.813. The average molecular weight is 96.1 g/mol. The van der Waals surface area contributed by atoms with Gasteiger partial charge in [-0.3, -0.25) is 9.41 Å². The molecular weight excluding hydrogens is 86.0 g/mol. The summed E-state index contributed by atoms with van der Waals surface area (Å²) in [5.74, 6) is 0. The molecule has 0 heterocycles. The minimum Gasteiger partial charge on any atom is -0.269 e. The lowest BCUT2D eigenvalue weighted by atomic mass is 11.3. The summed E-state index contributed by atoms with van der Waals surface area (Å²) in [4.78, 5) is 0. The highest BCUT2D eigenvalue weighted by molar-refractivity contribution is 4.22. The van der Waals surface area contributed by atoms with E-state index in [1.807, 2.05) is 0 Å². The minimum atomic E-state index is 0. The summed E-state index contributed by atoms with van der Waals surface area (Å²) in [6.45, 7) is 12.0. The van der Waals surface area contributed by atoms with E-state index in [2.05, 4.69) is 26.3 Å². The Morgan fingerprint density at radius 1 is 0.500 bits per heavy atom. The largest absolute Gasteiger partial charge is 0.269 e. The van der Waals surface area contributed by atoms with Crippen molar-refractivity contribution in [3.63, 3.8) is 0 Å². The van der Waals surface area contributed by atoms with Gasteiger partial charge in [0, 0.05) is 0 Å². The van der Waals surface area contributed by atoms with Crippen molar-refractivity contribution >= 4 is 0 Å². The van der Waals surface area contributed by atoms with Crippen LogP contribution in [-0.4, -0.2) is 0 Å². The van der Waals surface area contributed by atoms with E-state index in [0.29, 0.717) is 0 Å². The highest BCUT2D eigenvalue weighted by Crippen LogP contribution is 0.864. The van der Waals surface area contributed by atoms with Gasteiger partial charge >= 0.3 is 0 Å². The van der Waals surface area contributed by atoms with Crippen molar-refractivity contribution in [2.24, 2.45) is 0 Å². The van der Waals surface area contributed by atoms with Gasteiger partial charge in [-0.2, -0.15) is 0 Å². The van der Waals surface area contributed by atoms with E-state index >= 15 is 0 Å². The van der Waals surface area contributed by atoms with Gasteiger partial charge in [0.1, 0.15) is 0 Å². The Morgan fingerprint density at radius 3 is 0.500 bits per heavy atom. The summed E-state index contributed by atoms with van der Waals surface area (Å²) in [6, 6.07) is 0. The topological polar surface area (TPSA) is 0 Å². The van der Waals surface area contributed by atoms with E-state index in [1.54, 1.807) is 0 Å². The smallest absolute Gasteiger partial charge is 0.106 e. The third-order valence-corrected chi connectivity index (χ3v) is 0. The van der Waals surface area contributed by atoms with Gasteiger partial charge in [-0.1, -0.05) is 0 Å². The maximum Gasteiger partial charge on any atom is -0.106 e.